The van der Waals surface area contributed by atoms with E-state index in [9.17, 15) is 9.59 Å². The largest absolute Gasteiger partial charge is 0.445 e. The van der Waals surface area contributed by atoms with Crippen molar-refractivity contribution in [3.63, 3.8) is 0 Å². The fourth-order valence-electron chi connectivity index (χ4n) is 2.78. The van der Waals surface area contributed by atoms with Crippen LogP contribution in [-0.2, 0) is 20.9 Å². The molecule has 0 aliphatic carbocycles. The summed E-state index contributed by atoms with van der Waals surface area (Å²) in [6.45, 7) is 2.26. The number of hydrogen-bond acceptors (Lipinski definition) is 5. The monoisotopic (exact) mass is 400 g/mol. The predicted octanol–water partition coefficient (Wildman–Crippen LogP) is 2.93. The second-order valence-corrected chi connectivity index (χ2v) is 7.41. The molecule has 3 rings (SSSR count). The van der Waals surface area contributed by atoms with Gasteiger partial charge in [-0.1, -0.05) is 48.5 Å². The van der Waals surface area contributed by atoms with Crippen molar-refractivity contribution in [1.29, 1.82) is 0 Å². The van der Waals surface area contributed by atoms with Gasteiger partial charge in [0.1, 0.15) is 12.6 Å². The molecule has 1 saturated heterocycles. The first-order valence-electron chi connectivity index (χ1n) is 9.24. The third-order valence-electron chi connectivity index (χ3n) is 4.29. The standard InChI is InChI=1S/C21H24N2O4S/c24-20(23-11-13-26-14-12-23)19(16-28-18-9-5-2-6-10-18)22-21(25)27-15-17-7-3-1-4-8-17/h1-10,19H,11-16H2,(H,22,25)/t19-/m0/s1. The molecule has 0 radical (unpaired) electrons. The number of nitrogens with one attached hydrogen (secondary N) is 1. The van der Waals surface area contributed by atoms with Gasteiger partial charge in [0.2, 0.25) is 5.91 Å². The van der Waals surface area contributed by atoms with E-state index in [2.05, 4.69) is 5.32 Å². The minimum absolute atomic E-state index is 0.108. The van der Waals surface area contributed by atoms with E-state index in [0.29, 0.717) is 32.1 Å². The van der Waals surface area contributed by atoms with E-state index >= 15 is 0 Å². The summed E-state index contributed by atoms with van der Waals surface area (Å²) in [5.74, 6) is 0.323. The maximum atomic E-state index is 12.9. The number of carbonyl (C=O) groups excluding carboxylic acids is 2. The molecule has 2 aromatic carbocycles. The molecule has 1 heterocycles. The van der Waals surface area contributed by atoms with Gasteiger partial charge in [-0.2, -0.15) is 0 Å². The maximum Gasteiger partial charge on any atom is 0.408 e. The topological polar surface area (TPSA) is 67.9 Å². The molecule has 1 N–H and O–H groups in total. The minimum atomic E-state index is -0.661. The molecule has 0 spiro atoms. The van der Waals surface area contributed by atoms with Crippen LogP contribution in [0.25, 0.3) is 0 Å². The molecular formula is C21H24N2O4S. The second-order valence-electron chi connectivity index (χ2n) is 6.32. The van der Waals surface area contributed by atoms with E-state index in [-0.39, 0.29) is 12.5 Å². The van der Waals surface area contributed by atoms with E-state index in [1.165, 1.54) is 11.8 Å². The lowest BCUT2D eigenvalue weighted by molar-refractivity contribution is -0.136. The Labute approximate surface area is 169 Å². The average molecular weight is 401 g/mol. The molecule has 0 aromatic heterocycles. The molecule has 0 unspecified atom stereocenters. The van der Waals surface area contributed by atoms with Crippen LogP contribution in [0.1, 0.15) is 5.56 Å². The molecule has 1 atom stereocenters. The maximum absolute atomic E-state index is 12.9. The zero-order valence-electron chi connectivity index (χ0n) is 15.6. The van der Waals surface area contributed by atoms with E-state index in [4.69, 9.17) is 9.47 Å². The molecule has 2 amide bonds. The van der Waals surface area contributed by atoms with Gasteiger partial charge >= 0.3 is 6.09 Å². The highest BCUT2D eigenvalue weighted by Gasteiger charge is 2.27. The van der Waals surface area contributed by atoms with Crippen molar-refractivity contribution in [1.82, 2.24) is 10.2 Å². The van der Waals surface area contributed by atoms with Crippen molar-refractivity contribution in [3.05, 3.63) is 66.2 Å². The van der Waals surface area contributed by atoms with Crippen LogP contribution in [0.4, 0.5) is 4.79 Å². The van der Waals surface area contributed by atoms with Crippen LogP contribution in [0.2, 0.25) is 0 Å². The molecule has 6 nitrogen and oxygen atoms in total. The summed E-state index contributed by atoms with van der Waals surface area (Å²) in [6.07, 6.45) is -0.593. The molecule has 1 aliphatic rings. The molecule has 1 fully saturated rings. The van der Waals surface area contributed by atoms with Crippen LogP contribution >= 0.6 is 11.8 Å². The summed E-state index contributed by atoms with van der Waals surface area (Å²) < 4.78 is 10.6. The Kier molecular flexibility index (Phi) is 7.75. The number of alkyl carbamates (subject to hydrolysis) is 1. The quantitative estimate of drug-likeness (QED) is 0.724. The van der Waals surface area contributed by atoms with Crippen LogP contribution in [0, 0.1) is 0 Å². The van der Waals surface area contributed by atoms with Crippen molar-refractivity contribution in [2.24, 2.45) is 0 Å². The highest BCUT2D eigenvalue weighted by Crippen LogP contribution is 2.19. The number of hydrogen-bond donors (Lipinski definition) is 1. The highest BCUT2D eigenvalue weighted by atomic mass is 32.2. The molecular weight excluding hydrogens is 376 g/mol. The van der Waals surface area contributed by atoms with Crippen LogP contribution < -0.4 is 5.32 Å². The number of morpholine rings is 1. The summed E-state index contributed by atoms with van der Waals surface area (Å²) in [5, 5.41) is 2.74. The SMILES string of the molecule is O=C(N[C@@H](CSc1ccccc1)C(=O)N1CCOCC1)OCc1ccccc1. The van der Waals surface area contributed by atoms with Gasteiger partial charge in [0.15, 0.2) is 0 Å². The summed E-state index contributed by atoms with van der Waals surface area (Å²) in [7, 11) is 0. The smallest absolute Gasteiger partial charge is 0.408 e. The molecule has 148 valence electrons. The number of benzene rings is 2. The normalized spacial score (nSPS) is 14.9. The van der Waals surface area contributed by atoms with Crippen molar-refractivity contribution in [2.45, 2.75) is 17.5 Å². The van der Waals surface area contributed by atoms with Crippen LogP contribution in [-0.4, -0.2) is 55.0 Å². The van der Waals surface area contributed by atoms with Crippen molar-refractivity contribution < 1.29 is 19.1 Å². The second kappa shape index (κ2) is 10.7. The third kappa shape index (κ3) is 6.28. The summed E-state index contributed by atoms with van der Waals surface area (Å²) in [5.41, 5.74) is 0.896. The Morgan fingerprint density at radius 3 is 2.36 bits per heavy atom. The molecule has 7 heteroatoms. The first kappa shape index (κ1) is 20.2. The fourth-order valence-corrected chi connectivity index (χ4v) is 3.72. The van der Waals surface area contributed by atoms with E-state index in [1.54, 1.807) is 4.90 Å². The van der Waals surface area contributed by atoms with Crippen LogP contribution in [0.5, 0.6) is 0 Å². The Morgan fingerprint density at radius 1 is 1.04 bits per heavy atom. The number of amides is 2. The average Bonchev–Trinajstić information content (AvgIpc) is 2.76. The van der Waals surface area contributed by atoms with Crippen molar-refractivity contribution in [3.8, 4) is 0 Å². The minimum Gasteiger partial charge on any atom is -0.445 e. The fraction of sp³-hybridized carbons (Fsp3) is 0.333. The first-order chi connectivity index (χ1) is 13.7. The van der Waals surface area contributed by atoms with Gasteiger partial charge < -0.3 is 19.7 Å². The van der Waals surface area contributed by atoms with Gasteiger partial charge in [0, 0.05) is 23.7 Å². The van der Waals surface area contributed by atoms with Crippen molar-refractivity contribution >= 4 is 23.8 Å². The van der Waals surface area contributed by atoms with Crippen LogP contribution in [0.3, 0.4) is 0 Å². The van der Waals surface area contributed by atoms with Crippen molar-refractivity contribution in [2.75, 3.05) is 32.1 Å². The van der Waals surface area contributed by atoms with E-state index in [1.807, 2.05) is 60.7 Å². The Hall–Kier alpha value is -2.51. The molecule has 2 aromatic rings. The lowest BCUT2D eigenvalue weighted by Crippen LogP contribution is -2.52. The molecule has 28 heavy (non-hydrogen) atoms. The molecule has 0 saturated carbocycles. The molecule has 0 bridgehead atoms. The number of ether oxygens (including phenoxy) is 2. The highest BCUT2D eigenvalue weighted by molar-refractivity contribution is 7.99. The Balaban J connectivity index is 1.59. The summed E-state index contributed by atoms with van der Waals surface area (Å²) >= 11 is 1.53. The van der Waals surface area contributed by atoms with Gasteiger partial charge in [-0.15, -0.1) is 11.8 Å². The predicted molar refractivity (Wildman–Crippen MR) is 108 cm³/mol. The first-order valence-corrected chi connectivity index (χ1v) is 10.2. The van der Waals surface area contributed by atoms with E-state index in [0.717, 1.165) is 10.5 Å². The summed E-state index contributed by atoms with van der Waals surface area (Å²) in [4.78, 5) is 28.0. The number of carbonyl (C=O) groups is 2. The van der Waals surface area contributed by atoms with Gasteiger partial charge in [-0.05, 0) is 17.7 Å². The number of thioether (sulfide) groups is 1. The number of nitrogens with zero attached hydrogens (tertiary/aromatic N) is 1. The lowest BCUT2D eigenvalue weighted by Gasteiger charge is -2.30. The Morgan fingerprint density at radius 2 is 1.68 bits per heavy atom. The molecule has 1 aliphatic heterocycles. The summed E-state index contributed by atoms with van der Waals surface area (Å²) in [6, 6.07) is 18.6. The lowest BCUT2D eigenvalue weighted by atomic mass is 10.2. The van der Waals surface area contributed by atoms with Gasteiger partial charge in [0.25, 0.3) is 0 Å². The third-order valence-corrected chi connectivity index (χ3v) is 5.39. The Bertz CT molecular complexity index is 752. The van der Waals surface area contributed by atoms with Gasteiger partial charge in [-0.25, -0.2) is 4.79 Å². The van der Waals surface area contributed by atoms with Gasteiger partial charge in [0.05, 0.1) is 13.2 Å². The number of rotatable bonds is 7. The van der Waals surface area contributed by atoms with E-state index < -0.39 is 12.1 Å². The zero-order valence-corrected chi connectivity index (χ0v) is 16.4. The van der Waals surface area contributed by atoms with Gasteiger partial charge in [-0.3, -0.25) is 4.79 Å². The van der Waals surface area contributed by atoms with Crippen LogP contribution in [0.15, 0.2) is 65.6 Å². The zero-order chi connectivity index (χ0) is 19.6.